The summed E-state index contributed by atoms with van der Waals surface area (Å²) in [5.41, 5.74) is 0.538. The van der Waals surface area contributed by atoms with Crippen LogP contribution in [0.5, 0.6) is 0 Å². The van der Waals surface area contributed by atoms with E-state index in [4.69, 9.17) is 0 Å². The number of carboxylic acids is 1. The lowest BCUT2D eigenvalue weighted by Gasteiger charge is -2.35. The van der Waals surface area contributed by atoms with Crippen molar-refractivity contribution < 1.29 is 9.90 Å². The first kappa shape index (κ1) is 19.5. The molecule has 0 saturated carbocycles. The molecule has 7 heteroatoms. The standard InChI is InChI=1S/C20H23N3O3S/c1-20(12-21)6-3-7-22(13-20)10-15-8-14-4-5-16(27-2)9-17(14)23(19(15)26)11-18(24)25/h4-5,8-9H,3,6-7,10-11,13H2,1-2H3,(H,24,25)/t20-/m1/s1. The Morgan fingerprint density at radius 2 is 2.19 bits per heavy atom. The van der Waals surface area contributed by atoms with Crippen LogP contribution in [0.15, 0.2) is 34.0 Å². The Morgan fingerprint density at radius 3 is 2.85 bits per heavy atom. The third kappa shape index (κ3) is 4.18. The molecule has 0 bridgehead atoms. The van der Waals surface area contributed by atoms with Crippen LogP contribution in [-0.4, -0.2) is 39.9 Å². The number of nitriles is 1. The summed E-state index contributed by atoms with van der Waals surface area (Å²) >= 11 is 1.55. The fourth-order valence-electron chi connectivity index (χ4n) is 3.76. The predicted octanol–water partition coefficient (Wildman–Crippen LogP) is 2.93. The largest absolute Gasteiger partial charge is 0.480 e. The molecular formula is C20H23N3O3S. The number of benzene rings is 1. The Bertz CT molecular complexity index is 979. The number of nitrogens with zero attached hydrogens (tertiary/aromatic N) is 3. The van der Waals surface area contributed by atoms with Crippen LogP contribution >= 0.6 is 11.8 Å². The number of rotatable bonds is 5. The predicted molar refractivity (Wildman–Crippen MR) is 106 cm³/mol. The highest BCUT2D eigenvalue weighted by Gasteiger charge is 2.31. The Labute approximate surface area is 162 Å². The van der Waals surface area contributed by atoms with Crippen molar-refractivity contribution in [2.75, 3.05) is 19.3 Å². The molecule has 1 aliphatic heterocycles. The zero-order chi connectivity index (χ0) is 19.6. The lowest BCUT2D eigenvalue weighted by molar-refractivity contribution is -0.137. The smallest absolute Gasteiger partial charge is 0.323 e. The van der Waals surface area contributed by atoms with Gasteiger partial charge in [0.25, 0.3) is 5.56 Å². The fraction of sp³-hybridized carbons (Fsp3) is 0.450. The minimum Gasteiger partial charge on any atom is -0.480 e. The summed E-state index contributed by atoms with van der Waals surface area (Å²) < 4.78 is 1.35. The number of likely N-dealkylation sites (tertiary alicyclic amines) is 1. The van der Waals surface area contributed by atoms with Gasteiger partial charge >= 0.3 is 5.97 Å². The third-order valence-electron chi connectivity index (χ3n) is 5.11. The molecule has 2 heterocycles. The molecule has 1 aromatic carbocycles. The van der Waals surface area contributed by atoms with Gasteiger partial charge in [-0.1, -0.05) is 6.07 Å². The highest BCUT2D eigenvalue weighted by Crippen LogP contribution is 2.29. The van der Waals surface area contributed by atoms with E-state index in [0.29, 0.717) is 24.2 Å². The average molecular weight is 385 g/mol. The van der Waals surface area contributed by atoms with E-state index in [-0.39, 0.29) is 12.1 Å². The molecule has 6 nitrogen and oxygen atoms in total. The fourth-order valence-corrected chi connectivity index (χ4v) is 4.19. The minimum atomic E-state index is -1.04. The van der Waals surface area contributed by atoms with E-state index in [0.717, 1.165) is 29.7 Å². The molecule has 0 radical (unpaired) electrons. The second kappa shape index (κ2) is 7.75. The summed E-state index contributed by atoms with van der Waals surface area (Å²) in [5.74, 6) is -1.04. The number of thioether (sulfide) groups is 1. The Kier molecular flexibility index (Phi) is 5.59. The molecule has 1 aromatic heterocycles. The van der Waals surface area contributed by atoms with Gasteiger partial charge in [0.05, 0.1) is 17.0 Å². The second-order valence-corrected chi connectivity index (χ2v) is 8.25. The number of hydrogen-bond acceptors (Lipinski definition) is 5. The monoisotopic (exact) mass is 385 g/mol. The molecule has 2 aromatic rings. The van der Waals surface area contributed by atoms with Gasteiger partial charge in [0.2, 0.25) is 0 Å². The van der Waals surface area contributed by atoms with Crippen molar-refractivity contribution >= 4 is 28.6 Å². The van der Waals surface area contributed by atoms with Crippen molar-refractivity contribution in [1.29, 1.82) is 5.26 Å². The first-order valence-corrected chi connectivity index (χ1v) is 10.1. The van der Waals surface area contributed by atoms with Gasteiger partial charge in [-0.25, -0.2) is 0 Å². The van der Waals surface area contributed by atoms with Crippen LogP contribution < -0.4 is 5.56 Å². The summed E-state index contributed by atoms with van der Waals surface area (Å²) in [6.45, 7) is 3.46. The zero-order valence-electron chi connectivity index (χ0n) is 15.6. The van der Waals surface area contributed by atoms with Crippen molar-refractivity contribution in [3.63, 3.8) is 0 Å². The van der Waals surface area contributed by atoms with E-state index in [9.17, 15) is 20.0 Å². The first-order valence-electron chi connectivity index (χ1n) is 8.91. The molecule has 1 saturated heterocycles. The number of carboxylic acid groups (broad SMARTS) is 1. The summed E-state index contributed by atoms with van der Waals surface area (Å²) in [5, 5.41) is 19.5. The maximum atomic E-state index is 13.0. The molecule has 1 fully saturated rings. The number of pyridine rings is 1. The topological polar surface area (TPSA) is 86.3 Å². The van der Waals surface area contributed by atoms with Gasteiger partial charge in [0.1, 0.15) is 6.54 Å². The molecule has 3 rings (SSSR count). The lowest BCUT2D eigenvalue weighted by atomic mass is 9.83. The molecule has 0 aliphatic carbocycles. The molecule has 0 amide bonds. The van der Waals surface area contributed by atoms with Gasteiger partial charge in [0.15, 0.2) is 0 Å². The van der Waals surface area contributed by atoms with E-state index in [2.05, 4.69) is 11.0 Å². The Morgan fingerprint density at radius 1 is 1.41 bits per heavy atom. The van der Waals surface area contributed by atoms with Crippen molar-refractivity contribution in [2.24, 2.45) is 5.41 Å². The van der Waals surface area contributed by atoms with Crippen LogP contribution in [0.3, 0.4) is 0 Å². The molecule has 142 valence electrons. The van der Waals surface area contributed by atoms with Crippen molar-refractivity contribution in [3.8, 4) is 6.07 Å². The number of fused-ring (bicyclic) bond motifs is 1. The van der Waals surface area contributed by atoms with Crippen LogP contribution in [-0.2, 0) is 17.9 Å². The van der Waals surface area contributed by atoms with Crippen LogP contribution in [0.1, 0.15) is 25.3 Å². The highest BCUT2D eigenvalue weighted by molar-refractivity contribution is 7.98. The van der Waals surface area contributed by atoms with E-state index in [1.54, 1.807) is 11.8 Å². The first-order chi connectivity index (χ1) is 12.8. The zero-order valence-corrected chi connectivity index (χ0v) is 16.4. The molecule has 0 unspecified atom stereocenters. The molecule has 1 atom stereocenters. The highest BCUT2D eigenvalue weighted by atomic mass is 32.2. The van der Waals surface area contributed by atoms with Crippen LogP contribution in [0.2, 0.25) is 0 Å². The van der Waals surface area contributed by atoms with Crippen molar-refractivity contribution in [1.82, 2.24) is 9.47 Å². The lowest BCUT2D eigenvalue weighted by Crippen LogP contribution is -2.41. The van der Waals surface area contributed by atoms with Crippen LogP contribution in [0.25, 0.3) is 10.9 Å². The van der Waals surface area contributed by atoms with E-state index < -0.39 is 11.4 Å². The van der Waals surface area contributed by atoms with Gasteiger partial charge in [-0.15, -0.1) is 11.8 Å². The molecular weight excluding hydrogens is 362 g/mol. The maximum absolute atomic E-state index is 13.0. The number of aromatic nitrogens is 1. The maximum Gasteiger partial charge on any atom is 0.323 e. The number of aliphatic carboxylic acids is 1. The van der Waals surface area contributed by atoms with E-state index in [1.807, 2.05) is 37.4 Å². The van der Waals surface area contributed by atoms with E-state index in [1.165, 1.54) is 4.57 Å². The number of carbonyl (C=O) groups is 1. The van der Waals surface area contributed by atoms with Gasteiger partial charge in [0, 0.05) is 23.5 Å². The second-order valence-electron chi connectivity index (χ2n) is 7.37. The summed E-state index contributed by atoms with van der Waals surface area (Å²) in [7, 11) is 0. The Balaban J connectivity index is 2.03. The quantitative estimate of drug-likeness (QED) is 0.797. The molecule has 27 heavy (non-hydrogen) atoms. The Hall–Kier alpha value is -2.30. The van der Waals surface area contributed by atoms with Gasteiger partial charge in [-0.2, -0.15) is 5.26 Å². The van der Waals surface area contributed by atoms with E-state index >= 15 is 0 Å². The minimum absolute atomic E-state index is 0.271. The summed E-state index contributed by atoms with van der Waals surface area (Å²) in [4.78, 5) is 27.5. The number of hydrogen-bond donors (Lipinski definition) is 1. The molecule has 1 aliphatic rings. The summed E-state index contributed by atoms with van der Waals surface area (Å²) in [6, 6.07) is 10.0. The normalized spacial score (nSPS) is 20.5. The van der Waals surface area contributed by atoms with Gasteiger partial charge in [-0.05, 0) is 56.2 Å². The van der Waals surface area contributed by atoms with Gasteiger partial charge in [-0.3, -0.25) is 19.1 Å². The van der Waals surface area contributed by atoms with Crippen LogP contribution in [0.4, 0.5) is 0 Å². The average Bonchev–Trinajstić information content (AvgIpc) is 2.64. The third-order valence-corrected chi connectivity index (χ3v) is 5.84. The van der Waals surface area contributed by atoms with Gasteiger partial charge < -0.3 is 5.11 Å². The SMILES string of the molecule is CSc1ccc2cc(CN3CCC[C@](C)(C#N)C3)c(=O)n(CC(=O)O)c2c1. The number of piperidine rings is 1. The van der Waals surface area contributed by atoms with Crippen molar-refractivity contribution in [3.05, 3.63) is 40.2 Å². The molecule has 0 spiro atoms. The van der Waals surface area contributed by atoms with Crippen LogP contribution in [0, 0.1) is 16.7 Å². The van der Waals surface area contributed by atoms with Crippen molar-refractivity contribution in [2.45, 2.75) is 37.8 Å². The molecule has 1 N–H and O–H groups in total. The summed E-state index contributed by atoms with van der Waals surface area (Å²) in [6.07, 6.45) is 3.72.